The number of hydrogen-bond donors (Lipinski definition) is 1. The third-order valence-electron chi connectivity index (χ3n) is 4.59. The lowest BCUT2D eigenvalue weighted by Crippen LogP contribution is -2.35. The highest BCUT2D eigenvalue weighted by Gasteiger charge is 2.33. The number of urea groups is 1. The fourth-order valence-corrected chi connectivity index (χ4v) is 3.30. The van der Waals surface area contributed by atoms with E-state index in [1.807, 2.05) is 37.0 Å². The zero-order valence-corrected chi connectivity index (χ0v) is 14.7. The van der Waals surface area contributed by atoms with E-state index in [2.05, 4.69) is 25.6 Å². The Labute approximate surface area is 150 Å². The Morgan fingerprint density at radius 2 is 2.19 bits per heavy atom. The Morgan fingerprint density at radius 3 is 2.92 bits per heavy atom. The van der Waals surface area contributed by atoms with E-state index >= 15 is 0 Å². The summed E-state index contributed by atoms with van der Waals surface area (Å²) in [4.78, 5) is 18.8. The summed E-state index contributed by atoms with van der Waals surface area (Å²) in [5, 5.41) is 15.2. The van der Waals surface area contributed by atoms with E-state index in [9.17, 15) is 4.79 Å². The van der Waals surface area contributed by atoms with Gasteiger partial charge in [0.1, 0.15) is 12.1 Å². The Balaban J connectivity index is 1.52. The summed E-state index contributed by atoms with van der Waals surface area (Å²) >= 11 is 0. The van der Waals surface area contributed by atoms with E-state index in [-0.39, 0.29) is 12.1 Å². The molecule has 1 saturated heterocycles. The summed E-state index contributed by atoms with van der Waals surface area (Å²) in [6, 6.07) is 3.50. The van der Waals surface area contributed by atoms with Crippen LogP contribution in [0.1, 0.15) is 24.7 Å². The summed E-state index contributed by atoms with van der Waals surface area (Å²) in [5.74, 6) is 1.31. The molecule has 9 nitrogen and oxygen atoms in total. The van der Waals surface area contributed by atoms with Crippen LogP contribution in [0.3, 0.4) is 0 Å². The van der Waals surface area contributed by atoms with Crippen LogP contribution in [0.15, 0.2) is 37.1 Å². The van der Waals surface area contributed by atoms with Crippen molar-refractivity contribution in [3.63, 3.8) is 0 Å². The number of rotatable bonds is 3. The van der Waals surface area contributed by atoms with Crippen molar-refractivity contribution in [2.24, 2.45) is 14.1 Å². The maximum atomic E-state index is 12.8. The molecule has 134 valence electrons. The molecular weight excluding hydrogens is 332 g/mol. The fraction of sp³-hybridized carbons (Fsp3) is 0.353. The van der Waals surface area contributed by atoms with E-state index in [0.29, 0.717) is 12.4 Å². The Hall–Kier alpha value is -3.23. The van der Waals surface area contributed by atoms with E-state index in [1.54, 1.807) is 28.3 Å². The quantitative estimate of drug-likeness (QED) is 0.778. The summed E-state index contributed by atoms with van der Waals surface area (Å²) in [6.45, 7) is 0.686. The van der Waals surface area contributed by atoms with Gasteiger partial charge in [0.15, 0.2) is 5.82 Å². The molecule has 1 atom stereocenters. The van der Waals surface area contributed by atoms with E-state index < -0.39 is 0 Å². The van der Waals surface area contributed by atoms with Crippen molar-refractivity contribution in [1.82, 2.24) is 34.4 Å². The molecule has 4 heterocycles. The topological polar surface area (TPSA) is 93.8 Å². The standard InChI is InChI=1S/C17H20N8O/c1-23-11-19-22-16(23)14-4-3-7-25(14)17(26)21-15-8-12(5-6-18-15)13-9-20-24(2)10-13/h5-6,8-11,14H,3-4,7H2,1-2H3,(H,18,21,26). The van der Waals surface area contributed by atoms with Gasteiger partial charge in [-0.2, -0.15) is 5.10 Å². The minimum atomic E-state index is -0.175. The number of hydrogen-bond acceptors (Lipinski definition) is 5. The third kappa shape index (κ3) is 3.03. The number of nitrogens with one attached hydrogen (secondary N) is 1. The molecule has 0 radical (unpaired) electrons. The smallest absolute Gasteiger partial charge is 0.319 e. The largest absolute Gasteiger partial charge is 0.323 e. The number of carbonyl (C=O) groups excluding carboxylic acids is 1. The average molecular weight is 352 g/mol. The molecule has 4 rings (SSSR count). The second-order valence-electron chi connectivity index (χ2n) is 6.41. The van der Waals surface area contributed by atoms with Crippen molar-refractivity contribution in [2.75, 3.05) is 11.9 Å². The molecule has 3 aromatic rings. The highest BCUT2D eigenvalue weighted by atomic mass is 16.2. The van der Waals surface area contributed by atoms with Gasteiger partial charge < -0.3 is 9.47 Å². The van der Waals surface area contributed by atoms with Crippen LogP contribution in [0.25, 0.3) is 11.1 Å². The molecule has 0 aromatic carbocycles. The van der Waals surface area contributed by atoms with Gasteiger partial charge in [-0.25, -0.2) is 9.78 Å². The lowest BCUT2D eigenvalue weighted by molar-refractivity contribution is 0.204. The third-order valence-corrected chi connectivity index (χ3v) is 4.59. The van der Waals surface area contributed by atoms with Crippen molar-refractivity contribution in [3.8, 4) is 11.1 Å². The minimum Gasteiger partial charge on any atom is -0.319 e. The van der Waals surface area contributed by atoms with E-state index in [1.165, 1.54) is 0 Å². The molecule has 0 bridgehead atoms. The summed E-state index contributed by atoms with van der Waals surface area (Å²) in [7, 11) is 3.76. The predicted molar refractivity (Wildman–Crippen MR) is 95.1 cm³/mol. The number of pyridine rings is 1. The first kappa shape index (κ1) is 16.2. The van der Waals surface area contributed by atoms with Crippen molar-refractivity contribution in [1.29, 1.82) is 0 Å². The molecule has 0 saturated carbocycles. The molecule has 0 aliphatic carbocycles. The first-order valence-electron chi connectivity index (χ1n) is 8.48. The maximum absolute atomic E-state index is 12.8. The molecule has 1 N–H and O–H groups in total. The van der Waals surface area contributed by atoms with Gasteiger partial charge in [-0.3, -0.25) is 10.00 Å². The van der Waals surface area contributed by atoms with E-state index in [4.69, 9.17) is 0 Å². The highest BCUT2D eigenvalue weighted by Crippen LogP contribution is 2.31. The van der Waals surface area contributed by atoms with Crippen LogP contribution in [0.5, 0.6) is 0 Å². The van der Waals surface area contributed by atoms with Crippen LogP contribution in [-0.2, 0) is 14.1 Å². The van der Waals surface area contributed by atoms with E-state index in [0.717, 1.165) is 29.8 Å². The van der Waals surface area contributed by atoms with Gasteiger partial charge in [0.05, 0.1) is 12.2 Å². The monoisotopic (exact) mass is 352 g/mol. The molecule has 3 aromatic heterocycles. The van der Waals surface area contributed by atoms with Crippen LogP contribution in [0, 0.1) is 0 Å². The molecule has 1 aliphatic rings. The fourth-order valence-electron chi connectivity index (χ4n) is 3.30. The number of aryl methyl sites for hydroxylation is 2. The van der Waals surface area contributed by atoms with Gasteiger partial charge in [0.2, 0.25) is 0 Å². The first-order valence-corrected chi connectivity index (χ1v) is 8.48. The lowest BCUT2D eigenvalue weighted by atomic mass is 10.1. The normalized spacial score (nSPS) is 16.8. The molecule has 1 unspecified atom stereocenters. The molecule has 1 fully saturated rings. The van der Waals surface area contributed by atoms with Gasteiger partial charge in [-0.05, 0) is 30.5 Å². The molecule has 26 heavy (non-hydrogen) atoms. The highest BCUT2D eigenvalue weighted by molar-refractivity contribution is 5.89. The molecule has 1 aliphatic heterocycles. The zero-order valence-electron chi connectivity index (χ0n) is 14.7. The summed E-state index contributed by atoms with van der Waals surface area (Å²) < 4.78 is 3.60. The number of nitrogens with zero attached hydrogens (tertiary/aromatic N) is 7. The van der Waals surface area contributed by atoms with Crippen LogP contribution in [0.4, 0.5) is 10.6 Å². The van der Waals surface area contributed by atoms with Gasteiger partial charge >= 0.3 is 6.03 Å². The zero-order chi connectivity index (χ0) is 18.1. The Kier molecular flexibility index (Phi) is 4.11. The summed E-state index contributed by atoms with van der Waals surface area (Å²) in [6.07, 6.45) is 8.86. The minimum absolute atomic E-state index is 0.0657. The average Bonchev–Trinajstić information content (AvgIpc) is 3.35. The van der Waals surface area contributed by atoms with Crippen molar-refractivity contribution >= 4 is 11.8 Å². The molecule has 9 heteroatoms. The van der Waals surface area contributed by atoms with Gasteiger partial charge in [0, 0.05) is 38.6 Å². The van der Waals surface area contributed by atoms with Crippen molar-refractivity contribution in [3.05, 3.63) is 42.9 Å². The van der Waals surface area contributed by atoms with Gasteiger partial charge in [0.25, 0.3) is 0 Å². The van der Waals surface area contributed by atoms with Crippen molar-refractivity contribution < 1.29 is 4.79 Å². The Bertz CT molecular complexity index is 930. The van der Waals surface area contributed by atoms with Gasteiger partial charge in [-0.15, -0.1) is 10.2 Å². The predicted octanol–water partition coefficient (Wildman–Crippen LogP) is 1.98. The molecule has 2 amide bonds. The number of anilines is 1. The second kappa shape index (κ2) is 6.58. The summed E-state index contributed by atoms with van der Waals surface area (Å²) in [5.41, 5.74) is 1.93. The first-order chi connectivity index (χ1) is 12.6. The van der Waals surface area contributed by atoms with Gasteiger partial charge in [-0.1, -0.05) is 0 Å². The molecular formula is C17H20N8O. The van der Waals surface area contributed by atoms with Crippen LogP contribution in [0.2, 0.25) is 0 Å². The van der Waals surface area contributed by atoms with Crippen LogP contribution in [-0.4, -0.2) is 47.0 Å². The number of amides is 2. The van der Waals surface area contributed by atoms with Crippen molar-refractivity contribution in [2.45, 2.75) is 18.9 Å². The number of carbonyl (C=O) groups is 1. The number of aromatic nitrogens is 6. The maximum Gasteiger partial charge on any atom is 0.323 e. The number of likely N-dealkylation sites (tertiary alicyclic amines) is 1. The molecule has 0 spiro atoms. The second-order valence-corrected chi connectivity index (χ2v) is 6.41. The SMILES string of the molecule is Cn1cc(-c2ccnc(NC(=O)N3CCCC3c3nncn3C)c2)cn1. The van der Waals surface area contributed by atoms with Crippen LogP contribution < -0.4 is 5.32 Å². The Morgan fingerprint density at radius 1 is 1.31 bits per heavy atom. The lowest BCUT2D eigenvalue weighted by Gasteiger charge is -2.24. The van der Waals surface area contributed by atoms with Crippen LogP contribution >= 0.6 is 0 Å².